The first kappa shape index (κ1) is 16.7. The first-order valence-electron chi connectivity index (χ1n) is 8.39. The van der Waals surface area contributed by atoms with E-state index in [2.05, 4.69) is 20.2 Å². The van der Waals surface area contributed by atoms with Gasteiger partial charge in [-0.3, -0.25) is 15.0 Å². The summed E-state index contributed by atoms with van der Waals surface area (Å²) >= 11 is 0. The molecule has 0 N–H and O–H groups in total. The van der Waals surface area contributed by atoms with Gasteiger partial charge in [0.25, 0.3) is 5.69 Å². The van der Waals surface area contributed by atoms with Crippen LogP contribution < -0.4 is 10.6 Å². The maximum Gasteiger partial charge on any atom is 0.368 e. The van der Waals surface area contributed by atoms with Gasteiger partial charge in [-0.2, -0.15) is 9.36 Å². The summed E-state index contributed by atoms with van der Waals surface area (Å²) in [5.41, 5.74) is 0.573. The lowest BCUT2D eigenvalue weighted by Gasteiger charge is -2.43. The summed E-state index contributed by atoms with van der Waals surface area (Å²) in [5.74, 6) is 0. The van der Waals surface area contributed by atoms with Crippen LogP contribution in [0.2, 0.25) is 0 Å². The van der Waals surface area contributed by atoms with Crippen LogP contribution >= 0.6 is 0 Å². The molecule has 11 heteroatoms. The molecule has 2 saturated heterocycles. The first-order chi connectivity index (χ1) is 12.5. The van der Waals surface area contributed by atoms with Crippen molar-refractivity contribution in [3.05, 3.63) is 38.8 Å². The second-order valence-electron chi connectivity index (χ2n) is 6.44. The molecule has 2 aromatic rings. The van der Waals surface area contributed by atoms with E-state index in [1.54, 1.807) is 6.07 Å². The molecule has 0 saturated carbocycles. The molecule has 0 aliphatic carbocycles. The summed E-state index contributed by atoms with van der Waals surface area (Å²) < 4.78 is 7.45. The number of nitro groups is 1. The predicted octanol–water partition coefficient (Wildman–Crippen LogP) is -0.605. The standard InChI is InChI=1S/C15H19N7O4/c1-18-15(23)21(17-16-18)14-8-11(22(24)25)2-3-13(14)20-6-4-19(5-7-20)12-9-26-10-12/h2-3,8,12H,4-7,9-10H2,1H3. The zero-order chi connectivity index (χ0) is 18.3. The van der Waals surface area contributed by atoms with Gasteiger partial charge in [0.15, 0.2) is 0 Å². The molecule has 0 amide bonds. The van der Waals surface area contributed by atoms with Crippen molar-refractivity contribution >= 4 is 11.4 Å². The highest BCUT2D eigenvalue weighted by atomic mass is 16.6. The van der Waals surface area contributed by atoms with Gasteiger partial charge >= 0.3 is 5.69 Å². The molecule has 0 unspecified atom stereocenters. The van der Waals surface area contributed by atoms with Crippen LogP contribution in [0.4, 0.5) is 11.4 Å². The lowest BCUT2D eigenvalue weighted by atomic mass is 10.1. The Hall–Kier alpha value is -2.79. The van der Waals surface area contributed by atoms with Crippen molar-refractivity contribution in [2.24, 2.45) is 7.05 Å². The molecule has 0 bridgehead atoms. The summed E-state index contributed by atoms with van der Waals surface area (Å²) in [6.07, 6.45) is 0. The van der Waals surface area contributed by atoms with Crippen molar-refractivity contribution in [2.45, 2.75) is 6.04 Å². The van der Waals surface area contributed by atoms with Crippen molar-refractivity contribution in [1.29, 1.82) is 0 Å². The number of hydrogen-bond acceptors (Lipinski definition) is 8. The van der Waals surface area contributed by atoms with Gasteiger partial charge < -0.3 is 9.64 Å². The zero-order valence-electron chi connectivity index (χ0n) is 14.3. The first-order valence-corrected chi connectivity index (χ1v) is 8.39. The Labute approximate surface area is 148 Å². The average Bonchev–Trinajstić information content (AvgIpc) is 2.93. The quantitative estimate of drug-likeness (QED) is 0.524. The minimum atomic E-state index is -0.483. The smallest absolute Gasteiger partial charge is 0.368 e. The molecule has 1 aromatic heterocycles. The number of rotatable bonds is 4. The molecule has 2 fully saturated rings. The summed E-state index contributed by atoms with van der Waals surface area (Å²) in [6, 6.07) is 4.98. The van der Waals surface area contributed by atoms with E-state index in [9.17, 15) is 14.9 Å². The molecule has 4 rings (SSSR count). The summed E-state index contributed by atoms with van der Waals surface area (Å²) in [4.78, 5) is 27.5. The van der Waals surface area contributed by atoms with Crippen LogP contribution in [0.5, 0.6) is 0 Å². The van der Waals surface area contributed by atoms with E-state index in [0.29, 0.717) is 11.7 Å². The predicted molar refractivity (Wildman–Crippen MR) is 91.6 cm³/mol. The van der Waals surface area contributed by atoms with E-state index < -0.39 is 10.6 Å². The number of ether oxygens (including phenoxy) is 1. The number of nitrogens with zero attached hydrogens (tertiary/aromatic N) is 7. The fourth-order valence-corrected chi connectivity index (χ4v) is 3.29. The molecule has 2 aliphatic rings. The zero-order valence-corrected chi connectivity index (χ0v) is 14.3. The lowest BCUT2D eigenvalue weighted by Crippen LogP contribution is -2.56. The van der Waals surface area contributed by atoms with Crippen LogP contribution in [0.25, 0.3) is 5.69 Å². The lowest BCUT2D eigenvalue weighted by molar-refractivity contribution is -0.384. The highest BCUT2D eigenvalue weighted by Gasteiger charge is 2.30. The van der Waals surface area contributed by atoms with Crippen LogP contribution in [-0.4, -0.2) is 75.0 Å². The number of nitro benzene ring substituents is 1. The second kappa shape index (κ2) is 6.50. The fraction of sp³-hybridized carbons (Fsp3) is 0.533. The van der Waals surface area contributed by atoms with Gasteiger partial charge in [-0.15, -0.1) is 0 Å². The number of hydrogen-bond donors (Lipinski definition) is 0. The largest absolute Gasteiger partial charge is 0.378 e. The molecule has 2 aliphatic heterocycles. The molecule has 0 spiro atoms. The number of non-ortho nitro benzene ring substituents is 1. The molecule has 11 nitrogen and oxygen atoms in total. The molecule has 138 valence electrons. The van der Waals surface area contributed by atoms with Gasteiger partial charge in [0, 0.05) is 45.4 Å². The van der Waals surface area contributed by atoms with Gasteiger partial charge in [0.1, 0.15) is 5.69 Å². The topological polar surface area (TPSA) is 112 Å². The highest BCUT2D eigenvalue weighted by molar-refractivity contribution is 5.66. The number of tetrazole rings is 1. The summed E-state index contributed by atoms with van der Waals surface area (Å²) in [6.45, 7) is 4.82. The van der Waals surface area contributed by atoms with Gasteiger partial charge in [0.2, 0.25) is 0 Å². The molecule has 1 aromatic carbocycles. The van der Waals surface area contributed by atoms with E-state index in [4.69, 9.17) is 4.74 Å². The van der Waals surface area contributed by atoms with E-state index >= 15 is 0 Å². The molecule has 3 heterocycles. The minimum Gasteiger partial charge on any atom is -0.378 e. The molecule has 26 heavy (non-hydrogen) atoms. The third kappa shape index (κ3) is 2.84. The Balaban J connectivity index is 1.66. The Bertz CT molecular complexity index is 880. The molecule has 0 atom stereocenters. The van der Waals surface area contributed by atoms with E-state index in [0.717, 1.165) is 54.4 Å². The number of piperazine rings is 1. The van der Waals surface area contributed by atoms with Crippen LogP contribution in [0.15, 0.2) is 23.0 Å². The second-order valence-corrected chi connectivity index (χ2v) is 6.44. The van der Waals surface area contributed by atoms with E-state index in [-0.39, 0.29) is 5.69 Å². The van der Waals surface area contributed by atoms with E-state index in [1.165, 1.54) is 19.2 Å². The van der Waals surface area contributed by atoms with Crippen molar-refractivity contribution in [1.82, 2.24) is 24.7 Å². The van der Waals surface area contributed by atoms with E-state index in [1.807, 2.05) is 0 Å². The average molecular weight is 361 g/mol. The maximum atomic E-state index is 12.3. The van der Waals surface area contributed by atoms with Crippen molar-refractivity contribution < 1.29 is 9.66 Å². The third-order valence-electron chi connectivity index (χ3n) is 4.91. The van der Waals surface area contributed by atoms with Gasteiger partial charge in [-0.05, 0) is 16.5 Å². The Kier molecular flexibility index (Phi) is 4.17. The van der Waals surface area contributed by atoms with Gasteiger partial charge in [-0.25, -0.2) is 4.79 Å². The molecular formula is C15H19N7O4. The van der Waals surface area contributed by atoms with Gasteiger partial charge in [-0.1, -0.05) is 0 Å². The van der Waals surface area contributed by atoms with Gasteiger partial charge in [0.05, 0.1) is 29.9 Å². The number of benzene rings is 1. The van der Waals surface area contributed by atoms with Crippen LogP contribution in [-0.2, 0) is 11.8 Å². The van der Waals surface area contributed by atoms with Crippen LogP contribution in [0, 0.1) is 10.1 Å². The Morgan fingerprint density at radius 1 is 1.15 bits per heavy atom. The normalized spacial score (nSPS) is 18.7. The Morgan fingerprint density at radius 3 is 2.42 bits per heavy atom. The highest BCUT2D eigenvalue weighted by Crippen LogP contribution is 2.29. The van der Waals surface area contributed by atoms with Crippen LogP contribution in [0.1, 0.15) is 0 Å². The maximum absolute atomic E-state index is 12.3. The number of anilines is 1. The van der Waals surface area contributed by atoms with Crippen molar-refractivity contribution in [3.8, 4) is 5.69 Å². The third-order valence-corrected chi connectivity index (χ3v) is 4.91. The molecular weight excluding hydrogens is 342 g/mol. The Morgan fingerprint density at radius 2 is 1.88 bits per heavy atom. The van der Waals surface area contributed by atoms with Crippen molar-refractivity contribution in [3.63, 3.8) is 0 Å². The fourth-order valence-electron chi connectivity index (χ4n) is 3.29. The van der Waals surface area contributed by atoms with Crippen molar-refractivity contribution in [2.75, 3.05) is 44.3 Å². The minimum absolute atomic E-state index is 0.0912. The number of aryl methyl sites for hydroxylation is 1. The summed E-state index contributed by atoms with van der Waals surface area (Å²) in [5, 5.41) is 18.7. The molecule has 0 radical (unpaired) electrons. The SMILES string of the molecule is Cn1nnn(-c2cc([N+](=O)[O-])ccc2N2CCN(C3COC3)CC2)c1=O. The van der Waals surface area contributed by atoms with Crippen LogP contribution in [0.3, 0.4) is 0 Å². The number of aromatic nitrogens is 4. The monoisotopic (exact) mass is 361 g/mol. The summed E-state index contributed by atoms with van der Waals surface area (Å²) in [7, 11) is 1.49.